The zero-order valence-electron chi connectivity index (χ0n) is 7.73. The molecule has 94 valence electrons. The third-order valence-corrected chi connectivity index (χ3v) is 1.77. The normalized spacial score (nSPS) is 12.6. The number of alkyl halides is 6. The summed E-state index contributed by atoms with van der Waals surface area (Å²) in [6.07, 6.45) is -10.4. The van der Waals surface area contributed by atoms with Crippen molar-refractivity contribution < 1.29 is 36.2 Å². The van der Waals surface area contributed by atoms with E-state index >= 15 is 0 Å². The number of aromatic carboxylic acids is 1. The quantitative estimate of drug-likeness (QED) is 0.789. The van der Waals surface area contributed by atoms with E-state index in [1.807, 2.05) is 0 Å². The summed E-state index contributed by atoms with van der Waals surface area (Å²) in [6.45, 7) is 0. The van der Waals surface area contributed by atoms with E-state index in [2.05, 4.69) is 4.98 Å². The second-order valence-corrected chi connectivity index (χ2v) is 2.91. The summed E-state index contributed by atoms with van der Waals surface area (Å²) in [6, 6.07) is 0. The molecular weight excluding hydrogens is 256 g/mol. The SMILES string of the molecule is O=C(O)c1c(C(F)(F)F)cncc1C(F)(F)F. The smallest absolute Gasteiger partial charge is 0.418 e. The third kappa shape index (κ3) is 2.66. The fraction of sp³-hybridized carbons (Fsp3) is 0.250. The number of hydrogen-bond acceptors (Lipinski definition) is 2. The van der Waals surface area contributed by atoms with Crippen LogP contribution in [0.2, 0.25) is 0 Å². The van der Waals surface area contributed by atoms with Crippen LogP contribution in [-0.2, 0) is 12.4 Å². The molecule has 0 bridgehead atoms. The molecule has 1 N–H and O–H groups in total. The molecule has 0 aromatic carbocycles. The van der Waals surface area contributed by atoms with E-state index in [9.17, 15) is 31.1 Å². The van der Waals surface area contributed by atoms with Gasteiger partial charge in [0.15, 0.2) is 0 Å². The minimum atomic E-state index is -5.22. The summed E-state index contributed by atoms with van der Waals surface area (Å²) < 4.78 is 73.8. The van der Waals surface area contributed by atoms with E-state index < -0.39 is 35.0 Å². The highest BCUT2D eigenvalue weighted by Crippen LogP contribution is 2.38. The first-order valence-electron chi connectivity index (χ1n) is 3.91. The molecule has 0 amide bonds. The first kappa shape index (κ1) is 13.3. The molecule has 1 aromatic heterocycles. The summed E-state index contributed by atoms with van der Waals surface area (Å²) in [7, 11) is 0. The van der Waals surface area contributed by atoms with Crippen molar-refractivity contribution in [2.75, 3.05) is 0 Å². The number of aromatic nitrogens is 1. The number of carboxylic acid groups (broad SMARTS) is 1. The Balaban J connectivity index is 3.61. The maximum atomic E-state index is 12.3. The second-order valence-electron chi connectivity index (χ2n) is 2.91. The Morgan fingerprint density at radius 3 is 1.59 bits per heavy atom. The zero-order chi connectivity index (χ0) is 13.4. The van der Waals surface area contributed by atoms with E-state index in [-0.39, 0.29) is 12.4 Å². The Morgan fingerprint density at radius 2 is 1.35 bits per heavy atom. The molecular formula is C8H3F6NO2. The van der Waals surface area contributed by atoms with Gasteiger partial charge in [-0.2, -0.15) is 26.3 Å². The lowest BCUT2D eigenvalue weighted by Gasteiger charge is -2.14. The van der Waals surface area contributed by atoms with Crippen molar-refractivity contribution in [1.82, 2.24) is 4.98 Å². The lowest BCUT2D eigenvalue weighted by Crippen LogP contribution is -2.20. The fourth-order valence-corrected chi connectivity index (χ4v) is 1.12. The Morgan fingerprint density at radius 1 is 1.00 bits per heavy atom. The van der Waals surface area contributed by atoms with Crippen LogP contribution in [0.4, 0.5) is 26.3 Å². The summed E-state index contributed by atoms with van der Waals surface area (Å²) in [5, 5.41) is 8.45. The Hall–Kier alpha value is -1.80. The topological polar surface area (TPSA) is 50.2 Å². The van der Waals surface area contributed by atoms with Crippen LogP contribution in [0.3, 0.4) is 0 Å². The van der Waals surface area contributed by atoms with E-state index in [0.29, 0.717) is 0 Å². The number of carboxylic acids is 1. The van der Waals surface area contributed by atoms with Crippen LogP contribution in [0.25, 0.3) is 0 Å². The molecule has 1 heterocycles. The molecule has 0 radical (unpaired) electrons. The minimum Gasteiger partial charge on any atom is -0.478 e. The number of rotatable bonds is 1. The van der Waals surface area contributed by atoms with Crippen molar-refractivity contribution in [1.29, 1.82) is 0 Å². The fourth-order valence-electron chi connectivity index (χ4n) is 1.12. The molecule has 1 aromatic rings. The van der Waals surface area contributed by atoms with E-state index in [0.717, 1.165) is 0 Å². The summed E-state index contributed by atoms with van der Waals surface area (Å²) in [5.41, 5.74) is -5.71. The van der Waals surface area contributed by atoms with Crippen molar-refractivity contribution in [3.05, 3.63) is 29.1 Å². The Kier molecular flexibility index (Phi) is 3.04. The zero-order valence-corrected chi connectivity index (χ0v) is 7.73. The van der Waals surface area contributed by atoms with Gasteiger partial charge >= 0.3 is 18.3 Å². The molecule has 3 nitrogen and oxygen atoms in total. The van der Waals surface area contributed by atoms with Crippen LogP contribution >= 0.6 is 0 Å². The molecule has 0 aliphatic rings. The highest BCUT2D eigenvalue weighted by Gasteiger charge is 2.43. The van der Waals surface area contributed by atoms with Crippen molar-refractivity contribution in [3.63, 3.8) is 0 Å². The molecule has 0 aliphatic carbocycles. The van der Waals surface area contributed by atoms with Gasteiger partial charge in [-0.05, 0) is 0 Å². The van der Waals surface area contributed by atoms with Gasteiger partial charge in [0.2, 0.25) is 0 Å². The number of halogens is 6. The summed E-state index contributed by atoms with van der Waals surface area (Å²) in [5.74, 6) is -2.31. The largest absolute Gasteiger partial charge is 0.478 e. The monoisotopic (exact) mass is 259 g/mol. The van der Waals surface area contributed by atoms with Crippen LogP contribution < -0.4 is 0 Å². The van der Waals surface area contributed by atoms with E-state index in [1.165, 1.54) is 0 Å². The van der Waals surface area contributed by atoms with Crippen molar-refractivity contribution >= 4 is 5.97 Å². The molecule has 0 atom stereocenters. The standard InChI is InChI=1S/C8H3F6NO2/c9-7(10,11)3-1-15-2-4(8(12,13)14)5(3)6(16)17/h1-2H,(H,16,17). The van der Waals surface area contributed by atoms with Crippen LogP contribution in [-0.4, -0.2) is 16.1 Å². The molecule has 1 rings (SSSR count). The predicted octanol–water partition coefficient (Wildman–Crippen LogP) is 2.82. The molecule has 17 heavy (non-hydrogen) atoms. The highest BCUT2D eigenvalue weighted by molar-refractivity contribution is 5.91. The first-order valence-corrected chi connectivity index (χ1v) is 3.91. The second kappa shape index (κ2) is 3.90. The summed E-state index contributed by atoms with van der Waals surface area (Å²) in [4.78, 5) is 13.3. The van der Waals surface area contributed by atoms with Gasteiger partial charge in [0.1, 0.15) is 0 Å². The van der Waals surface area contributed by atoms with Gasteiger partial charge in [-0.25, -0.2) is 4.79 Å². The maximum Gasteiger partial charge on any atom is 0.418 e. The Bertz CT molecular complexity index is 418. The van der Waals surface area contributed by atoms with Gasteiger partial charge in [-0.1, -0.05) is 0 Å². The molecule has 0 saturated heterocycles. The third-order valence-electron chi connectivity index (χ3n) is 1.77. The number of carbonyl (C=O) groups is 1. The average Bonchev–Trinajstić information content (AvgIpc) is 2.13. The number of nitrogens with zero attached hydrogens (tertiary/aromatic N) is 1. The minimum absolute atomic E-state index is 0.0404. The molecule has 0 saturated carbocycles. The van der Waals surface area contributed by atoms with Crippen LogP contribution in [0, 0.1) is 0 Å². The molecule has 0 aliphatic heterocycles. The predicted molar refractivity (Wildman–Crippen MR) is 41.2 cm³/mol. The van der Waals surface area contributed by atoms with Crippen LogP contribution in [0.5, 0.6) is 0 Å². The van der Waals surface area contributed by atoms with Crippen molar-refractivity contribution in [3.8, 4) is 0 Å². The summed E-state index contributed by atoms with van der Waals surface area (Å²) >= 11 is 0. The van der Waals surface area contributed by atoms with Gasteiger partial charge in [0.05, 0.1) is 16.7 Å². The van der Waals surface area contributed by atoms with Gasteiger partial charge in [0.25, 0.3) is 0 Å². The molecule has 0 unspecified atom stereocenters. The van der Waals surface area contributed by atoms with E-state index in [1.54, 1.807) is 0 Å². The van der Waals surface area contributed by atoms with Gasteiger partial charge in [-0.15, -0.1) is 0 Å². The van der Waals surface area contributed by atoms with Crippen molar-refractivity contribution in [2.24, 2.45) is 0 Å². The van der Waals surface area contributed by atoms with Gasteiger partial charge in [0, 0.05) is 12.4 Å². The molecule has 0 spiro atoms. The van der Waals surface area contributed by atoms with Gasteiger partial charge in [-0.3, -0.25) is 4.98 Å². The lowest BCUT2D eigenvalue weighted by atomic mass is 10.0. The lowest BCUT2D eigenvalue weighted by molar-refractivity contribution is -0.144. The van der Waals surface area contributed by atoms with E-state index in [4.69, 9.17) is 5.11 Å². The highest BCUT2D eigenvalue weighted by atomic mass is 19.4. The van der Waals surface area contributed by atoms with Crippen LogP contribution in [0.15, 0.2) is 12.4 Å². The first-order chi connectivity index (χ1) is 7.55. The van der Waals surface area contributed by atoms with Crippen molar-refractivity contribution in [2.45, 2.75) is 12.4 Å². The van der Waals surface area contributed by atoms with Crippen LogP contribution in [0.1, 0.15) is 21.5 Å². The number of hydrogen-bond donors (Lipinski definition) is 1. The maximum absolute atomic E-state index is 12.3. The number of pyridine rings is 1. The molecule has 9 heteroatoms. The van der Waals surface area contributed by atoms with Gasteiger partial charge < -0.3 is 5.11 Å². The Labute approximate surface area is 89.7 Å². The average molecular weight is 259 g/mol. The molecule has 0 fully saturated rings.